The second-order valence-electron chi connectivity index (χ2n) is 9.60. The molecule has 1 heterocycles. The lowest BCUT2D eigenvalue weighted by molar-refractivity contribution is -0.143. The third kappa shape index (κ3) is 6.66. The predicted octanol–water partition coefficient (Wildman–Crippen LogP) is 4.40. The second-order valence-corrected chi connectivity index (χ2v) is 9.60. The van der Waals surface area contributed by atoms with E-state index >= 15 is 0 Å². The summed E-state index contributed by atoms with van der Waals surface area (Å²) in [6.45, 7) is 11.8. The van der Waals surface area contributed by atoms with E-state index in [1.807, 2.05) is 32.9 Å². The van der Waals surface area contributed by atoms with Crippen molar-refractivity contribution in [3.05, 3.63) is 47.1 Å². The van der Waals surface area contributed by atoms with Crippen LogP contribution >= 0.6 is 0 Å². The van der Waals surface area contributed by atoms with E-state index in [4.69, 9.17) is 9.47 Å². The van der Waals surface area contributed by atoms with Gasteiger partial charge in [0.25, 0.3) is 0 Å². The molecule has 5 heteroatoms. The van der Waals surface area contributed by atoms with Crippen LogP contribution in [-0.4, -0.2) is 46.7 Å². The minimum absolute atomic E-state index is 0.183. The molecule has 168 valence electrons. The summed E-state index contributed by atoms with van der Waals surface area (Å²) in [6.07, 6.45) is 11.0. The Kier molecular flexibility index (Phi) is 8.26. The lowest BCUT2D eigenvalue weighted by atomic mass is 9.80. The van der Waals surface area contributed by atoms with E-state index < -0.39 is 23.8 Å². The maximum Gasteiger partial charge on any atom is 0.331 e. The molecule has 1 aliphatic carbocycles. The number of epoxide rings is 1. The van der Waals surface area contributed by atoms with Crippen molar-refractivity contribution in [3.63, 3.8) is 0 Å². The highest BCUT2D eigenvalue weighted by Gasteiger charge is 2.59. The summed E-state index contributed by atoms with van der Waals surface area (Å²) < 4.78 is 11.7. The van der Waals surface area contributed by atoms with Gasteiger partial charge in [0, 0.05) is 12.5 Å². The van der Waals surface area contributed by atoms with Gasteiger partial charge in [0.15, 0.2) is 6.10 Å². The molecule has 0 bridgehead atoms. The molecule has 2 N–H and O–H groups in total. The molecular weight excluding hydrogens is 380 g/mol. The number of fused-ring (bicyclic) bond motifs is 1. The van der Waals surface area contributed by atoms with Crippen LogP contribution in [0.1, 0.15) is 67.2 Å². The number of carbonyl (C=O) groups is 1. The Labute approximate surface area is 181 Å². The van der Waals surface area contributed by atoms with Gasteiger partial charge in [0.1, 0.15) is 5.60 Å². The zero-order valence-electron chi connectivity index (χ0n) is 19.3. The predicted molar refractivity (Wildman–Crippen MR) is 119 cm³/mol. The lowest BCUT2D eigenvalue weighted by Crippen LogP contribution is -2.33. The van der Waals surface area contributed by atoms with Gasteiger partial charge in [-0.25, -0.2) is 4.79 Å². The van der Waals surface area contributed by atoms with E-state index in [0.29, 0.717) is 18.4 Å². The fourth-order valence-corrected chi connectivity index (χ4v) is 3.84. The Hall–Kier alpha value is -1.69. The van der Waals surface area contributed by atoms with Crippen molar-refractivity contribution in [1.82, 2.24) is 0 Å². The molecule has 0 amide bonds. The van der Waals surface area contributed by atoms with Crippen molar-refractivity contribution in [1.29, 1.82) is 0 Å². The van der Waals surface area contributed by atoms with Crippen LogP contribution in [-0.2, 0) is 14.3 Å². The summed E-state index contributed by atoms with van der Waals surface area (Å²) in [5.41, 5.74) is 1.87. The van der Waals surface area contributed by atoms with Crippen molar-refractivity contribution < 1.29 is 24.5 Å². The summed E-state index contributed by atoms with van der Waals surface area (Å²) >= 11 is 0. The van der Waals surface area contributed by atoms with Crippen LogP contribution in [0.15, 0.2) is 47.1 Å². The molecule has 2 rings (SSSR count). The number of rotatable bonds is 6. The SMILES string of the molecule is CC(C)=CCC[C@]1(C)/C=C/[C@@H](OC(=O)C=C(C)C)[C@@]2(C)O[C@@H]2C[C@H](O)/C(CO)=C/C1. The van der Waals surface area contributed by atoms with Crippen LogP contribution in [0.3, 0.4) is 0 Å². The molecule has 1 saturated heterocycles. The average molecular weight is 419 g/mol. The molecule has 0 aromatic carbocycles. The summed E-state index contributed by atoms with van der Waals surface area (Å²) in [6, 6.07) is 0. The Morgan fingerprint density at radius 3 is 2.57 bits per heavy atom. The fourth-order valence-electron chi connectivity index (χ4n) is 3.84. The molecule has 5 atom stereocenters. The van der Waals surface area contributed by atoms with Gasteiger partial charge in [0.2, 0.25) is 0 Å². The van der Waals surface area contributed by atoms with E-state index in [1.54, 1.807) is 0 Å². The van der Waals surface area contributed by atoms with Crippen molar-refractivity contribution in [3.8, 4) is 0 Å². The summed E-state index contributed by atoms with van der Waals surface area (Å²) in [5, 5.41) is 20.4. The number of carbonyl (C=O) groups excluding carboxylic acids is 1. The zero-order valence-corrected chi connectivity index (χ0v) is 19.3. The fraction of sp³-hybridized carbons (Fsp3) is 0.640. The summed E-state index contributed by atoms with van der Waals surface area (Å²) in [7, 11) is 0. The average Bonchev–Trinajstić information content (AvgIpc) is 3.28. The first-order valence-corrected chi connectivity index (χ1v) is 10.8. The molecule has 2 aliphatic rings. The molecule has 0 aromatic heterocycles. The van der Waals surface area contributed by atoms with Crippen molar-refractivity contribution in [2.45, 2.75) is 91.1 Å². The third-order valence-corrected chi connectivity index (χ3v) is 6.01. The monoisotopic (exact) mass is 418 g/mol. The highest BCUT2D eigenvalue weighted by molar-refractivity contribution is 5.83. The van der Waals surface area contributed by atoms with Gasteiger partial charge in [-0.3, -0.25) is 0 Å². The molecule has 5 nitrogen and oxygen atoms in total. The van der Waals surface area contributed by atoms with Gasteiger partial charge in [0.05, 0.1) is 18.8 Å². The Bertz CT molecular complexity index is 739. The van der Waals surface area contributed by atoms with Crippen LogP contribution in [0.25, 0.3) is 0 Å². The Morgan fingerprint density at radius 1 is 1.27 bits per heavy atom. The van der Waals surface area contributed by atoms with Gasteiger partial charge >= 0.3 is 5.97 Å². The smallest absolute Gasteiger partial charge is 0.331 e. The van der Waals surface area contributed by atoms with Crippen molar-refractivity contribution in [2.75, 3.05) is 6.61 Å². The number of esters is 1. The van der Waals surface area contributed by atoms with Gasteiger partial charge < -0.3 is 19.7 Å². The topological polar surface area (TPSA) is 79.3 Å². The molecule has 0 spiro atoms. The maximum atomic E-state index is 12.3. The number of aliphatic hydroxyl groups excluding tert-OH is 2. The maximum absolute atomic E-state index is 12.3. The molecule has 0 saturated carbocycles. The van der Waals surface area contributed by atoms with E-state index in [2.05, 4.69) is 32.9 Å². The number of hydrogen-bond donors (Lipinski definition) is 2. The largest absolute Gasteiger partial charge is 0.452 e. The van der Waals surface area contributed by atoms with Crippen LogP contribution in [0.5, 0.6) is 0 Å². The van der Waals surface area contributed by atoms with Gasteiger partial charge in [-0.15, -0.1) is 0 Å². The van der Waals surface area contributed by atoms with Crippen molar-refractivity contribution in [2.24, 2.45) is 5.41 Å². The number of allylic oxidation sites excluding steroid dienone is 5. The first kappa shape index (κ1) is 24.6. The van der Waals surface area contributed by atoms with Crippen molar-refractivity contribution >= 4 is 5.97 Å². The molecule has 30 heavy (non-hydrogen) atoms. The summed E-state index contributed by atoms with van der Waals surface area (Å²) in [5.74, 6) is -0.393. The van der Waals surface area contributed by atoms with E-state index in [9.17, 15) is 15.0 Å². The number of hydrogen-bond acceptors (Lipinski definition) is 5. The molecule has 1 fully saturated rings. The van der Waals surface area contributed by atoms with Crippen LogP contribution in [0.4, 0.5) is 0 Å². The Morgan fingerprint density at radius 2 is 1.97 bits per heavy atom. The van der Waals surface area contributed by atoms with E-state index in [-0.39, 0.29) is 18.1 Å². The first-order valence-electron chi connectivity index (χ1n) is 10.8. The van der Waals surface area contributed by atoms with Gasteiger partial charge in [-0.05, 0) is 70.9 Å². The molecule has 0 aromatic rings. The second kappa shape index (κ2) is 10.1. The molecule has 0 unspecified atom stereocenters. The standard InChI is InChI=1S/C25H38O5/c1-17(2)8-7-11-24(5)12-9-19(16-26)20(27)15-22-25(6,30-22)21(10-13-24)29-23(28)14-18(3)4/h8-10,13-14,20-22,26-27H,7,11-12,15-16H2,1-6H3/b13-10+,19-9+/t20-,21+,22+,24-,25+/m0/s1. The number of aliphatic hydroxyl groups is 2. The highest BCUT2D eigenvalue weighted by Crippen LogP contribution is 2.46. The normalized spacial score (nSPS) is 36.3. The minimum atomic E-state index is -0.781. The summed E-state index contributed by atoms with van der Waals surface area (Å²) in [4.78, 5) is 12.3. The number of ether oxygens (including phenoxy) is 2. The zero-order chi connectivity index (χ0) is 22.5. The third-order valence-electron chi connectivity index (χ3n) is 6.01. The van der Waals surface area contributed by atoms with Crippen LogP contribution in [0, 0.1) is 5.41 Å². The lowest BCUT2D eigenvalue weighted by Gasteiger charge is -2.26. The highest BCUT2D eigenvalue weighted by atomic mass is 16.6. The molecule has 0 radical (unpaired) electrons. The van der Waals surface area contributed by atoms with Crippen LogP contribution in [0.2, 0.25) is 0 Å². The molecular formula is C25H38O5. The Balaban J connectivity index is 2.35. The van der Waals surface area contributed by atoms with Gasteiger partial charge in [-0.2, -0.15) is 0 Å². The van der Waals surface area contributed by atoms with E-state index in [0.717, 1.165) is 18.4 Å². The quantitative estimate of drug-likeness (QED) is 0.289. The van der Waals surface area contributed by atoms with Crippen LogP contribution < -0.4 is 0 Å². The first-order chi connectivity index (χ1) is 14.0. The van der Waals surface area contributed by atoms with E-state index in [1.165, 1.54) is 11.6 Å². The van der Waals surface area contributed by atoms with Gasteiger partial charge in [-0.1, -0.05) is 36.3 Å². The minimum Gasteiger partial charge on any atom is -0.452 e. The molecule has 1 aliphatic heterocycles.